The lowest BCUT2D eigenvalue weighted by atomic mass is 9.93. The molecular formula is C86H103N10O10+. The van der Waals surface area contributed by atoms with Crippen LogP contribution < -0.4 is 35.6 Å². The minimum Gasteiger partial charge on any atom is -0.444 e. The number of aliphatic imine (C=N–C) groups is 1. The minimum absolute atomic E-state index is 0.170. The first kappa shape index (κ1) is 77.7. The summed E-state index contributed by atoms with van der Waals surface area (Å²) in [6.07, 6.45) is 8.20. The Morgan fingerprint density at radius 2 is 0.943 bits per heavy atom. The predicted molar refractivity (Wildman–Crippen MR) is 422 cm³/mol. The van der Waals surface area contributed by atoms with Crippen LogP contribution in [0.5, 0.6) is 0 Å². The van der Waals surface area contributed by atoms with Gasteiger partial charge in [0, 0.05) is 78.6 Å². The molecule has 1 aliphatic heterocycles. The zero-order valence-electron chi connectivity index (χ0n) is 64.3. The number of carbonyl (C=O) groups is 6. The molecule has 1 aliphatic carbocycles. The Labute approximate surface area is 623 Å². The molecule has 8 aromatic rings. The Morgan fingerprint density at radius 1 is 0.491 bits per heavy atom. The van der Waals surface area contributed by atoms with Crippen LogP contribution in [0, 0.1) is 20.8 Å². The van der Waals surface area contributed by atoms with E-state index >= 15 is 0 Å². The number of unbranched alkanes of at least 4 members (excludes halogenated alkanes) is 6. The molecule has 556 valence electrons. The standard InChI is InChI=1S/C86H102N10O10/c1-55-47-67-73(51-65(55)91-79(99)103-83(5,6)7)95(63-31-23-21-24-32-63)75-53-71(57(3)49-69(75)89-67)93(81(101)105-85(11,12)13)45-29-19-17-27-43-87-77(97)61-39-35-59(36-40-61)60-37-41-62(42-38-60)78(98)88-44-28-18-20-30-46-94(82(102)106-86(14,15)16)72-54-76-70(50-58(72)4)90-68-48-56(2)66(92-80(100)104-84(8,9)10)52-74(68)96(76)64-33-25-22-26-34-64/h21-26,31-42,47-54,75H,17-20,27-30,43-46H2,1-16H3,(H3,87,88,91,97,98,99)/p+1. The van der Waals surface area contributed by atoms with Crippen LogP contribution >= 0.6 is 0 Å². The van der Waals surface area contributed by atoms with E-state index in [0.29, 0.717) is 67.2 Å². The number of fused-ring (bicyclic) bond motifs is 4. The quantitative estimate of drug-likeness (QED) is 0.0203. The lowest BCUT2D eigenvalue weighted by Crippen LogP contribution is -2.43. The van der Waals surface area contributed by atoms with Crippen LogP contribution in [-0.4, -0.2) is 106 Å². The zero-order chi connectivity index (χ0) is 76.4. The van der Waals surface area contributed by atoms with Gasteiger partial charge in [0.1, 0.15) is 33.4 Å². The molecule has 1 atom stereocenters. The van der Waals surface area contributed by atoms with Crippen molar-refractivity contribution in [2.24, 2.45) is 4.99 Å². The van der Waals surface area contributed by atoms with Gasteiger partial charge < -0.3 is 34.5 Å². The van der Waals surface area contributed by atoms with E-state index in [9.17, 15) is 28.8 Å². The second kappa shape index (κ2) is 33.1. The second-order valence-corrected chi connectivity index (χ2v) is 31.3. The summed E-state index contributed by atoms with van der Waals surface area (Å²) in [5.41, 5.74) is 13.1. The van der Waals surface area contributed by atoms with E-state index in [0.717, 1.165) is 128 Å². The van der Waals surface area contributed by atoms with Crippen molar-refractivity contribution < 1.29 is 52.3 Å². The van der Waals surface area contributed by atoms with Crippen molar-refractivity contribution in [2.45, 2.75) is 191 Å². The first-order valence-corrected chi connectivity index (χ1v) is 36.8. The van der Waals surface area contributed by atoms with Gasteiger partial charge in [-0.05, 0) is 243 Å². The molecular weight excluding hydrogens is 1330 g/mol. The van der Waals surface area contributed by atoms with Gasteiger partial charge in [-0.2, -0.15) is 0 Å². The van der Waals surface area contributed by atoms with Gasteiger partial charge in [0.2, 0.25) is 16.7 Å². The number of aryl methyl sites for hydroxylation is 3. The summed E-state index contributed by atoms with van der Waals surface area (Å²) < 4.78 is 25.4. The molecule has 1 unspecified atom stereocenters. The smallest absolute Gasteiger partial charge is 0.414 e. The van der Waals surface area contributed by atoms with E-state index in [2.05, 4.69) is 36.8 Å². The fraction of sp³-hybridized carbons (Fsp3) is 0.384. The molecule has 106 heavy (non-hydrogen) atoms. The van der Waals surface area contributed by atoms with Gasteiger partial charge in [-0.25, -0.2) is 29.2 Å². The van der Waals surface area contributed by atoms with Gasteiger partial charge in [0.15, 0.2) is 0 Å². The highest BCUT2D eigenvalue weighted by Gasteiger charge is 2.37. The number of nitrogens with zero attached hydrogens (tertiary/aromatic N) is 6. The number of carbonyl (C=O) groups excluding carboxylic acids is 6. The monoisotopic (exact) mass is 1440 g/mol. The van der Waals surface area contributed by atoms with Crippen molar-refractivity contribution in [1.29, 1.82) is 0 Å². The van der Waals surface area contributed by atoms with E-state index in [4.69, 9.17) is 28.9 Å². The molecule has 0 spiro atoms. The zero-order valence-corrected chi connectivity index (χ0v) is 64.3. The van der Waals surface area contributed by atoms with Crippen molar-refractivity contribution >= 4 is 98.1 Å². The van der Waals surface area contributed by atoms with Crippen LogP contribution in [0.1, 0.15) is 179 Å². The van der Waals surface area contributed by atoms with Crippen LogP contribution in [-0.2, 0) is 18.9 Å². The number of allylic oxidation sites excluding steroid dienone is 1. The molecule has 0 bridgehead atoms. The van der Waals surface area contributed by atoms with Gasteiger partial charge >= 0.3 is 24.4 Å². The molecule has 7 aromatic carbocycles. The highest BCUT2D eigenvalue weighted by atomic mass is 16.6. The third-order valence-corrected chi connectivity index (χ3v) is 17.8. The SMILES string of the molecule is CC1=CC2=Nc3cc(C)c(NC(=O)OC(C)(C)C)cc3N(c3ccccc3)C2C=C1N(CCCCCCNC(=O)c1ccc(-c2ccc(C(=O)NCCCCCCN(C(=O)OC(C)(C)C)c3cc4c(cc3C)nc3cc(C)c(NC(=O)OC(C)(C)C)cc3[n+]4-c3ccccc3)cc2)cc1)C(=O)OC(C)(C)C. The number of para-hydroxylation sites is 2. The van der Waals surface area contributed by atoms with Crippen molar-refractivity contribution in [3.8, 4) is 16.8 Å². The number of hydrogen-bond acceptors (Lipinski definition) is 13. The number of anilines is 5. The maximum absolute atomic E-state index is 14.2. The molecule has 2 aliphatic rings. The van der Waals surface area contributed by atoms with Crippen LogP contribution in [0.4, 0.5) is 53.3 Å². The molecule has 4 N–H and O–H groups in total. The normalized spacial score (nSPS) is 13.6. The maximum Gasteiger partial charge on any atom is 0.414 e. The molecule has 20 heteroatoms. The predicted octanol–water partition coefficient (Wildman–Crippen LogP) is 19.3. The van der Waals surface area contributed by atoms with Gasteiger partial charge in [-0.15, -0.1) is 4.57 Å². The van der Waals surface area contributed by atoms with Crippen LogP contribution in [0.2, 0.25) is 0 Å². The highest BCUT2D eigenvalue weighted by molar-refractivity contribution is 6.11. The molecule has 0 radical (unpaired) electrons. The molecule has 1 aromatic heterocycles. The van der Waals surface area contributed by atoms with Crippen molar-refractivity contribution in [2.75, 3.05) is 46.6 Å². The van der Waals surface area contributed by atoms with Gasteiger partial charge in [0.05, 0.1) is 34.5 Å². The Kier molecular flexibility index (Phi) is 24.2. The highest BCUT2D eigenvalue weighted by Crippen LogP contribution is 2.45. The topological polar surface area (TPSA) is 226 Å². The van der Waals surface area contributed by atoms with Crippen molar-refractivity contribution in [3.05, 3.63) is 197 Å². The van der Waals surface area contributed by atoms with Crippen LogP contribution in [0.25, 0.3) is 38.9 Å². The average Bonchev–Trinajstić information content (AvgIpc) is 0.747. The minimum atomic E-state index is -0.746. The van der Waals surface area contributed by atoms with Crippen molar-refractivity contribution in [3.63, 3.8) is 0 Å². The van der Waals surface area contributed by atoms with E-state index in [1.165, 1.54) is 0 Å². The summed E-state index contributed by atoms with van der Waals surface area (Å²) in [7, 11) is 0. The number of hydrogen-bond donors (Lipinski definition) is 4. The van der Waals surface area contributed by atoms with Crippen LogP contribution in [0.15, 0.2) is 174 Å². The largest absolute Gasteiger partial charge is 0.444 e. The van der Waals surface area contributed by atoms with E-state index < -0.39 is 52.8 Å². The Morgan fingerprint density at radius 3 is 1.46 bits per heavy atom. The molecule has 2 heterocycles. The van der Waals surface area contributed by atoms with Crippen LogP contribution in [0.3, 0.4) is 0 Å². The number of rotatable bonds is 23. The lowest BCUT2D eigenvalue weighted by molar-refractivity contribution is -0.538. The fourth-order valence-corrected chi connectivity index (χ4v) is 12.9. The average molecular weight is 1440 g/mol. The number of benzene rings is 7. The summed E-state index contributed by atoms with van der Waals surface area (Å²) in [5.74, 6) is -0.342. The number of aromatic nitrogens is 2. The van der Waals surface area contributed by atoms with E-state index in [-0.39, 0.29) is 11.8 Å². The Bertz CT molecular complexity index is 4660. The molecule has 10 rings (SSSR count). The Balaban J connectivity index is 0.697. The summed E-state index contributed by atoms with van der Waals surface area (Å²) >= 11 is 0. The van der Waals surface area contributed by atoms with E-state index in [1.807, 2.05) is 238 Å². The van der Waals surface area contributed by atoms with E-state index in [1.54, 1.807) is 34.1 Å². The first-order valence-electron chi connectivity index (χ1n) is 36.8. The molecule has 0 saturated heterocycles. The Hall–Kier alpha value is -10.9. The van der Waals surface area contributed by atoms with Gasteiger partial charge in [-0.3, -0.25) is 30.0 Å². The molecule has 20 nitrogen and oxygen atoms in total. The summed E-state index contributed by atoms with van der Waals surface area (Å²) in [6.45, 7) is 31.7. The number of amides is 6. The van der Waals surface area contributed by atoms with Crippen molar-refractivity contribution in [1.82, 2.24) is 20.5 Å². The maximum atomic E-state index is 14.2. The molecule has 6 amide bonds. The fourth-order valence-electron chi connectivity index (χ4n) is 12.9. The molecule has 0 saturated carbocycles. The third-order valence-electron chi connectivity index (χ3n) is 17.8. The second-order valence-electron chi connectivity index (χ2n) is 31.3. The third kappa shape index (κ3) is 20.3. The lowest BCUT2D eigenvalue weighted by Gasteiger charge is -2.40. The summed E-state index contributed by atoms with van der Waals surface area (Å²) in [5, 5.41) is 12.0. The number of nitrogens with one attached hydrogen (secondary N) is 4. The van der Waals surface area contributed by atoms with Gasteiger partial charge in [0.25, 0.3) is 11.8 Å². The van der Waals surface area contributed by atoms with Gasteiger partial charge in [-0.1, -0.05) is 86.3 Å². The number of ether oxygens (including phenoxy) is 4. The molecule has 0 fully saturated rings. The summed E-state index contributed by atoms with van der Waals surface area (Å²) in [6, 6.07) is 46.1. The first-order chi connectivity index (χ1) is 50.2. The summed E-state index contributed by atoms with van der Waals surface area (Å²) in [4.78, 5) is 97.1.